The lowest BCUT2D eigenvalue weighted by molar-refractivity contribution is -0.174. The fourth-order valence-electron chi connectivity index (χ4n) is 5.34. The molecule has 3 N–H and O–H groups in total. The van der Waals surface area contributed by atoms with Gasteiger partial charge >= 0.3 is 12.1 Å². The summed E-state index contributed by atoms with van der Waals surface area (Å²) in [6.07, 6.45) is 2.76. The first-order valence-electron chi connectivity index (χ1n) is 13.2. The Morgan fingerprint density at radius 3 is 2.54 bits per heavy atom. The lowest BCUT2D eigenvalue weighted by Gasteiger charge is -2.41. The number of aryl methyl sites for hydroxylation is 1. The van der Waals surface area contributed by atoms with Crippen LogP contribution >= 0.6 is 0 Å². The number of alkyl halides is 3. The molecule has 3 aliphatic rings. The van der Waals surface area contributed by atoms with E-state index in [1.54, 1.807) is 12.1 Å². The van der Waals surface area contributed by atoms with Gasteiger partial charge in [0.05, 0.1) is 17.3 Å². The van der Waals surface area contributed by atoms with Crippen molar-refractivity contribution in [2.75, 3.05) is 13.2 Å². The molecule has 0 aromatic heterocycles. The van der Waals surface area contributed by atoms with Crippen LogP contribution in [0.4, 0.5) is 13.2 Å². The highest BCUT2D eigenvalue weighted by Crippen LogP contribution is 2.36. The Bertz CT molecular complexity index is 1180. The molecule has 1 amide bonds. The molecule has 5 atom stereocenters. The Hall–Kier alpha value is -2.41. The molecular weight excluding hydrogens is 537 g/mol. The van der Waals surface area contributed by atoms with E-state index in [1.165, 1.54) is 17.7 Å². The van der Waals surface area contributed by atoms with Gasteiger partial charge in [0, 0.05) is 24.5 Å². The average molecular weight is 573 g/mol. The summed E-state index contributed by atoms with van der Waals surface area (Å²) in [7, 11) is -3.97. The average Bonchev–Trinajstić information content (AvgIpc) is 2.90. The quantitative estimate of drug-likeness (QED) is 0.306. The Morgan fingerprint density at radius 1 is 1.13 bits per heavy atom. The predicted octanol–water partition coefficient (Wildman–Crippen LogP) is 3.65. The van der Waals surface area contributed by atoms with Crippen LogP contribution in [0.25, 0.3) is 0 Å². The van der Waals surface area contributed by atoms with Crippen molar-refractivity contribution < 1.29 is 40.4 Å². The van der Waals surface area contributed by atoms with Crippen LogP contribution in [0.3, 0.4) is 0 Å². The fraction of sp³-hybridized carbons (Fsp3) is 0.593. The highest BCUT2D eigenvalue weighted by atomic mass is 32.2. The summed E-state index contributed by atoms with van der Waals surface area (Å²) >= 11 is 0. The third-order valence-electron chi connectivity index (χ3n) is 7.55. The van der Waals surface area contributed by atoms with Crippen LogP contribution in [0, 0.1) is 12.8 Å². The van der Waals surface area contributed by atoms with Gasteiger partial charge in [-0.3, -0.25) is 8.98 Å². The number of piperidine rings is 1. The monoisotopic (exact) mass is 572 g/mol. The van der Waals surface area contributed by atoms with Crippen molar-refractivity contribution in [2.24, 2.45) is 5.92 Å². The van der Waals surface area contributed by atoms with Crippen LogP contribution in [0.15, 0.2) is 52.6 Å². The topological polar surface area (TPSA) is 114 Å². The Kier molecular flexibility index (Phi) is 9.41. The largest absolute Gasteiger partial charge is 0.495 e. The lowest BCUT2D eigenvalue weighted by atomic mass is 9.77. The van der Waals surface area contributed by atoms with Crippen molar-refractivity contribution in [3.05, 3.63) is 53.3 Å². The zero-order valence-corrected chi connectivity index (χ0v) is 22.6. The summed E-state index contributed by atoms with van der Waals surface area (Å²) in [5.74, 6) is -0.779. The normalized spacial score (nSPS) is 26.6. The summed E-state index contributed by atoms with van der Waals surface area (Å²) in [5, 5.41) is 16.0. The number of amides is 1. The highest BCUT2D eigenvalue weighted by Gasteiger charge is 2.40. The van der Waals surface area contributed by atoms with Gasteiger partial charge in [-0.05, 0) is 69.6 Å². The van der Waals surface area contributed by atoms with Crippen molar-refractivity contribution in [3.8, 4) is 0 Å². The van der Waals surface area contributed by atoms with Crippen LogP contribution in [0.2, 0.25) is 0 Å². The Morgan fingerprint density at radius 2 is 1.87 bits per heavy atom. The number of benzene rings is 1. The molecule has 1 fully saturated rings. The number of rotatable bonds is 9. The van der Waals surface area contributed by atoms with E-state index in [9.17, 15) is 31.5 Å². The molecule has 5 unspecified atom stereocenters. The van der Waals surface area contributed by atoms with E-state index in [4.69, 9.17) is 8.92 Å². The van der Waals surface area contributed by atoms with Gasteiger partial charge in [-0.1, -0.05) is 29.3 Å². The van der Waals surface area contributed by atoms with Crippen LogP contribution in [-0.2, 0) is 23.8 Å². The lowest BCUT2D eigenvalue weighted by Crippen LogP contribution is -2.50. The first-order chi connectivity index (χ1) is 18.4. The number of hydrogen-bond acceptors (Lipinski definition) is 7. The maximum absolute atomic E-state index is 12.5. The van der Waals surface area contributed by atoms with Crippen LogP contribution in [-0.4, -0.2) is 63.1 Å². The van der Waals surface area contributed by atoms with E-state index in [0.29, 0.717) is 31.6 Å². The van der Waals surface area contributed by atoms with Gasteiger partial charge < -0.3 is 20.5 Å². The maximum Gasteiger partial charge on any atom is 0.471 e. The van der Waals surface area contributed by atoms with Gasteiger partial charge in [-0.25, -0.2) is 0 Å². The number of aliphatic hydroxyl groups excluding tert-OH is 1. The molecule has 1 aliphatic heterocycles. The number of allylic oxidation sites excluding steroid dienone is 1. The van der Waals surface area contributed by atoms with Crippen molar-refractivity contribution in [3.63, 3.8) is 0 Å². The molecule has 39 heavy (non-hydrogen) atoms. The molecule has 0 radical (unpaired) electrons. The van der Waals surface area contributed by atoms with Crippen molar-refractivity contribution >= 4 is 16.0 Å². The highest BCUT2D eigenvalue weighted by molar-refractivity contribution is 7.86. The van der Waals surface area contributed by atoms with Gasteiger partial charge in [0.1, 0.15) is 12.7 Å². The minimum absolute atomic E-state index is 0.0300. The van der Waals surface area contributed by atoms with E-state index in [-0.39, 0.29) is 23.6 Å². The van der Waals surface area contributed by atoms with E-state index in [2.05, 4.69) is 10.6 Å². The number of hydrogen-bond donors (Lipinski definition) is 3. The molecule has 0 spiro atoms. The number of carbonyl (C=O) groups is 1. The maximum atomic E-state index is 12.5. The van der Waals surface area contributed by atoms with Gasteiger partial charge in [0.15, 0.2) is 0 Å². The molecule has 216 valence electrons. The number of nitrogens with one attached hydrogen (secondary N) is 2. The third-order valence-corrected chi connectivity index (χ3v) is 8.84. The third kappa shape index (κ3) is 8.06. The van der Waals surface area contributed by atoms with E-state index < -0.39 is 41.0 Å². The molecule has 1 saturated heterocycles. The summed E-state index contributed by atoms with van der Waals surface area (Å²) < 4.78 is 72.8. The number of carbonyl (C=O) groups excluding carboxylic acids is 1. The summed E-state index contributed by atoms with van der Waals surface area (Å²) in [4.78, 5) is 11.2. The minimum Gasteiger partial charge on any atom is -0.495 e. The van der Waals surface area contributed by atoms with Crippen molar-refractivity contribution in [2.45, 2.75) is 87.2 Å². The molecule has 12 heteroatoms. The molecular formula is C27H35F3N2O6S. The summed E-state index contributed by atoms with van der Waals surface area (Å²) in [5.41, 5.74) is 2.11. The standard InChI is InChI=1S/C27H35F3N2O6S/c1-17-2-10-23(11-3-17)39(35,36)38-16-21(33)15-37-22-9-13-25-19(14-22)6-12-24(32-25)18-4-7-20(8-5-18)31-26(34)27(28,29)30/h2-4,9-11,19-21,24-25,32-33H,5-8,12-16H2,1H3,(H,31,34). The van der Waals surface area contributed by atoms with E-state index in [0.717, 1.165) is 30.6 Å². The molecule has 8 nitrogen and oxygen atoms in total. The second-order valence-corrected chi connectivity index (χ2v) is 12.1. The summed E-state index contributed by atoms with van der Waals surface area (Å²) in [6.45, 7) is 1.36. The first kappa shape index (κ1) is 29.6. The Balaban J connectivity index is 1.20. The number of aliphatic hydroxyl groups is 1. The molecule has 0 saturated carbocycles. The van der Waals surface area contributed by atoms with Gasteiger partial charge in [-0.2, -0.15) is 21.6 Å². The molecule has 1 aromatic carbocycles. The van der Waals surface area contributed by atoms with E-state index in [1.807, 2.05) is 19.1 Å². The molecule has 1 heterocycles. The van der Waals surface area contributed by atoms with Gasteiger partial charge in [0.2, 0.25) is 0 Å². The number of halogens is 3. The fourth-order valence-corrected chi connectivity index (χ4v) is 6.28. The SMILES string of the molecule is Cc1ccc(S(=O)(=O)OCC(O)COC2=CCC3NC(C4=CCC(NC(=O)C(F)(F)F)CC4)CCC3C2)cc1. The molecule has 1 aromatic rings. The van der Waals surface area contributed by atoms with Crippen molar-refractivity contribution in [1.82, 2.24) is 10.6 Å². The zero-order chi connectivity index (χ0) is 28.2. The first-order valence-corrected chi connectivity index (χ1v) is 14.6. The second-order valence-electron chi connectivity index (χ2n) is 10.5. The summed E-state index contributed by atoms with van der Waals surface area (Å²) in [6, 6.07) is 6.17. The number of fused-ring (bicyclic) bond motifs is 1. The second kappa shape index (κ2) is 12.4. The molecule has 4 rings (SSSR count). The minimum atomic E-state index is -4.87. The zero-order valence-electron chi connectivity index (χ0n) is 21.7. The Labute approximate surface area is 226 Å². The molecule has 0 bridgehead atoms. The molecule has 2 aliphatic carbocycles. The van der Waals surface area contributed by atoms with Crippen molar-refractivity contribution in [1.29, 1.82) is 0 Å². The van der Waals surface area contributed by atoms with Crippen LogP contribution in [0.5, 0.6) is 0 Å². The van der Waals surface area contributed by atoms with Gasteiger partial charge in [-0.15, -0.1) is 0 Å². The van der Waals surface area contributed by atoms with E-state index >= 15 is 0 Å². The van der Waals surface area contributed by atoms with Crippen LogP contribution < -0.4 is 10.6 Å². The smallest absolute Gasteiger partial charge is 0.471 e. The predicted molar refractivity (Wildman–Crippen MR) is 137 cm³/mol. The van der Waals surface area contributed by atoms with Crippen LogP contribution in [0.1, 0.15) is 50.5 Å². The van der Waals surface area contributed by atoms with Gasteiger partial charge in [0.25, 0.3) is 10.1 Å². The number of ether oxygens (including phenoxy) is 1.